The van der Waals surface area contributed by atoms with Gasteiger partial charge in [0.1, 0.15) is 4.83 Å². The summed E-state index contributed by atoms with van der Waals surface area (Å²) in [5.41, 5.74) is 2.15. The number of hydrogen-bond acceptors (Lipinski definition) is 5. The third-order valence-electron chi connectivity index (χ3n) is 4.29. The SMILES string of the molecule is CC(=O)NCc1ccc(C(=O)Cn2cnc3sc(C)c(C)c3c2=O)cc1. The molecule has 0 radical (unpaired) electrons. The Labute approximate surface area is 154 Å². The van der Waals surface area contributed by atoms with Crippen molar-refractivity contribution < 1.29 is 9.59 Å². The number of nitrogens with one attached hydrogen (secondary N) is 1. The van der Waals surface area contributed by atoms with E-state index in [1.807, 2.05) is 13.8 Å². The molecule has 134 valence electrons. The van der Waals surface area contributed by atoms with Gasteiger partial charge in [0, 0.05) is 23.9 Å². The Hall–Kier alpha value is -2.80. The number of carbonyl (C=O) groups excluding carboxylic acids is 2. The fraction of sp³-hybridized carbons (Fsp3) is 0.263. The van der Waals surface area contributed by atoms with E-state index < -0.39 is 0 Å². The molecule has 0 saturated carbocycles. The molecule has 2 aromatic heterocycles. The molecule has 0 fully saturated rings. The number of nitrogens with zero attached hydrogens (tertiary/aromatic N) is 2. The van der Waals surface area contributed by atoms with E-state index in [1.165, 1.54) is 29.2 Å². The third kappa shape index (κ3) is 3.57. The van der Waals surface area contributed by atoms with Crippen LogP contribution < -0.4 is 10.9 Å². The summed E-state index contributed by atoms with van der Waals surface area (Å²) in [6, 6.07) is 6.99. The Morgan fingerprint density at radius 3 is 2.54 bits per heavy atom. The molecule has 0 unspecified atom stereocenters. The number of ketones is 1. The first-order valence-electron chi connectivity index (χ1n) is 8.18. The lowest BCUT2D eigenvalue weighted by Crippen LogP contribution is -2.24. The topological polar surface area (TPSA) is 81.1 Å². The predicted molar refractivity (Wildman–Crippen MR) is 102 cm³/mol. The highest BCUT2D eigenvalue weighted by atomic mass is 32.1. The number of benzene rings is 1. The highest BCUT2D eigenvalue weighted by Crippen LogP contribution is 2.25. The molecule has 0 bridgehead atoms. The summed E-state index contributed by atoms with van der Waals surface area (Å²) in [5.74, 6) is -0.268. The van der Waals surface area contributed by atoms with Crippen LogP contribution in [0, 0.1) is 13.8 Å². The molecule has 0 saturated heterocycles. The minimum absolute atomic E-state index is 0.0544. The summed E-state index contributed by atoms with van der Waals surface area (Å²) in [6.45, 7) is 5.68. The zero-order valence-electron chi connectivity index (χ0n) is 14.8. The number of aromatic nitrogens is 2. The normalized spacial score (nSPS) is 10.9. The van der Waals surface area contributed by atoms with Crippen molar-refractivity contribution in [2.75, 3.05) is 0 Å². The van der Waals surface area contributed by atoms with Crippen LogP contribution in [0.25, 0.3) is 10.2 Å². The van der Waals surface area contributed by atoms with Gasteiger partial charge in [0.25, 0.3) is 5.56 Å². The Morgan fingerprint density at radius 1 is 1.19 bits per heavy atom. The lowest BCUT2D eigenvalue weighted by atomic mass is 10.1. The average molecular weight is 369 g/mol. The van der Waals surface area contributed by atoms with Crippen molar-refractivity contribution >= 4 is 33.2 Å². The molecule has 0 aliphatic carbocycles. The smallest absolute Gasteiger partial charge is 0.262 e. The van der Waals surface area contributed by atoms with Crippen LogP contribution >= 0.6 is 11.3 Å². The van der Waals surface area contributed by atoms with Crippen molar-refractivity contribution in [3.8, 4) is 0 Å². The molecule has 1 aromatic carbocycles. The van der Waals surface area contributed by atoms with Gasteiger partial charge in [0.15, 0.2) is 5.78 Å². The minimum atomic E-state index is -0.188. The molecule has 3 rings (SSSR count). The molecule has 0 spiro atoms. The van der Waals surface area contributed by atoms with E-state index in [9.17, 15) is 14.4 Å². The van der Waals surface area contributed by atoms with Crippen LogP contribution in [0.4, 0.5) is 0 Å². The number of carbonyl (C=O) groups is 2. The largest absolute Gasteiger partial charge is 0.352 e. The Balaban J connectivity index is 1.81. The molecule has 0 atom stereocenters. The summed E-state index contributed by atoms with van der Waals surface area (Å²) in [6.07, 6.45) is 1.43. The molecule has 6 nitrogen and oxygen atoms in total. The van der Waals surface area contributed by atoms with Crippen LogP contribution in [0.1, 0.15) is 33.3 Å². The van der Waals surface area contributed by atoms with Crippen LogP contribution in [0.15, 0.2) is 35.4 Å². The van der Waals surface area contributed by atoms with E-state index >= 15 is 0 Å². The van der Waals surface area contributed by atoms with Crippen LogP contribution in [0.3, 0.4) is 0 Å². The fourth-order valence-corrected chi connectivity index (χ4v) is 3.65. The number of amides is 1. The third-order valence-corrected chi connectivity index (χ3v) is 5.40. The Morgan fingerprint density at radius 2 is 1.88 bits per heavy atom. The van der Waals surface area contributed by atoms with E-state index in [0.717, 1.165) is 16.0 Å². The summed E-state index contributed by atoms with van der Waals surface area (Å²) in [5, 5.41) is 3.30. The zero-order valence-corrected chi connectivity index (χ0v) is 15.6. The lowest BCUT2D eigenvalue weighted by molar-refractivity contribution is -0.119. The number of hydrogen-bond donors (Lipinski definition) is 1. The van der Waals surface area contributed by atoms with Crippen molar-refractivity contribution in [2.24, 2.45) is 0 Å². The van der Waals surface area contributed by atoms with Gasteiger partial charge in [0.2, 0.25) is 5.91 Å². The summed E-state index contributed by atoms with van der Waals surface area (Å²) >= 11 is 1.49. The van der Waals surface area contributed by atoms with Gasteiger partial charge in [-0.3, -0.25) is 19.0 Å². The molecule has 1 amide bonds. The number of thiophene rings is 1. The first-order valence-corrected chi connectivity index (χ1v) is 9.00. The second kappa shape index (κ2) is 7.21. The second-order valence-corrected chi connectivity index (χ2v) is 7.37. The van der Waals surface area contributed by atoms with Gasteiger partial charge in [-0.25, -0.2) is 4.98 Å². The lowest BCUT2D eigenvalue weighted by Gasteiger charge is -2.07. The monoisotopic (exact) mass is 369 g/mol. The Bertz CT molecular complexity index is 1050. The summed E-state index contributed by atoms with van der Waals surface area (Å²) in [7, 11) is 0. The quantitative estimate of drug-likeness (QED) is 0.701. The van der Waals surface area contributed by atoms with E-state index in [2.05, 4.69) is 10.3 Å². The fourth-order valence-electron chi connectivity index (χ4n) is 2.66. The summed E-state index contributed by atoms with van der Waals surface area (Å²) < 4.78 is 1.36. The van der Waals surface area contributed by atoms with Crippen molar-refractivity contribution in [1.82, 2.24) is 14.9 Å². The van der Waals surface area contributed by atoms with Gasteiger partial charge in [-0.2, -0.15) is 0 Å². The molecule has 7 heteroatoms. The van der Waals surface area contributed by atoms with Crippen LogP contribution in [0.5, 0.6) is 0 Å². The molecule has 26 heavy (non-hydrogen) atoms. The molecule has 2 heterocycles. The van der Waals surface area contributed by atoms with Crippen molar-refractivity contribution in [2.45, 2.75) is 33.9 Å². The maximum atomic E-state index is 12.7. The Kier molecular flexibility index (Phi) is 4.99. The van der Waals surface area contributed by atoms with Gasteiger partial charge in [-0.1, -0.05) is 24.3 Å². The highest BCUT2D eigenvalue weighted by Gasteiger charge is 2.14. The van der Waals surface area contributed by atoms with E-state index in [4.69, 9.17) is 0 Å². The van der Waals surface area contributed by atoms with Gasteiger partial charge in [-0.15, -0.1) is 11.3 Å². The van der Waals surface area contributed by atoms with Crippen LogP contribution in [-0.4, -0.2) is 21.2 Å². The molecule has 1 N–H and O–H groups in total. The second-order valence-electron chi connectivity index (χ2n) is 6.17. The maximum Gasteiger partial charge on any atom is 0.262 e. The van der Waals surface area contributed by atoms with Gasteiger partial charge < -0.3 is 5.32 Å². The van der Waals surface area contributed by atoms with E-state index in [-0.39, 0.29) is 23.8 Å². The molecular weight excluding hydrogens is 350 g/mol. The molecular formula is C19H19N3O3S. The van der Waals surface area contributed by atoms with Gasteiger partial charge >= 0.3 is 0 Å². The zero-order chi connectivity index (χ0) is 18.8. The first kappa shape index (κ1) is 18.0. The summed E-state index contributed by atoms with van der Waals surface area (Å²) in [4.78, 5) is 42.2. The van der Waals surface area contributed by atoms with Crippen molar-refractivity contribution in [3.63, 3.8) is 0 Å². The van der Waals surface area contributed by atoms with Crippen molar-refractivity contribution in [3.05, 3.63) is 62.5 Å². The predicted octanol–water partition coefficient (Wildman–Crippen LogP) is 2.59. The molecule has 0 aliphatic rings. The van der Waals surface area contributed by atoms with Crippen LogP contribution in [-0.2, 0) is 17.9 Å². The van der Waals surface area contributed by atoms with Crippen LogP contribution in [0.2, 0.25) is 0 Å². The first-order chi connectivity index (χ1) is 12.4. The average Bonchev–Trinajstić information content (AvgIpc) is 2.91. The number of fused-ring (bicyclic) bond motifs is 1. The standard InChI is InChI=1S/C19H19N3O3S/c1-11-12(2)26-18-17(11)19(25)22(10-21-18)9-16(24)15-6-4-14(5-7-15)8-20-13(3)23/h4-7,10H,8-9H2,1-3H3,(H,20,23). The van der Waals surface area contributed by atoms with E-state index in [0.29, 0.717) is 22.3 Å². The van der Waals surface area contributed by atoms with E-state index in [1.54, 1.807) is 24.3 Å². The molecule has 0 aliphatic heterocycles. The maximum absolute atomic E-state index is 12.7. The van der Waals surface area contributed by atoms with Gasteiger partial charge in [-0.05, 0) is 25.0 Å². The minimum Gasteiger partial charge on any atom is -0.352 e. The highest BCUT2D eigenvalue weighted by molar-refractivity contribution is 7.18. The number of Topliss-reactive ketones (excluding diaryl/α,β-unsaturated/α-hetero) is 1. The number of aryl methyl sites for hydroxylation is 2. The number of rotatable bonds is 5. The molecule has 3 aromatic rings. The van der Waals surface area contributed by atoms with Crippen molar-refractivity contribution in [1.29, 1.82) is 0 Å². The van der Waals surface area contributed by atoms with Gasteiger partial charge in [0.05, 0.1) is 18.3 Å².